The number of carbonyl (C=O) groups is 2. The molecule has 0 spiro atoms. The number of hydrogen-bond donors (Lipinski definition) is 2. The smallest absolute Gasteiger partial charge is 0.261 e. The molecule has 24 heavy (non-hydrogen) atoms. The summed E-state index contributed by atoms with van der Waals surface area (Å²) in [6.07, 6.45) is 5.62. The average molecular weight is 330 g/mol. The van der Waals surface area contributed by atoms with Crippen LogP contribution in [0.15, 0.2) is 24.3 Å². The summed E-state index contributed by atoms with van der Waals surface area (Å²) >= 11 is 0. The molecule has 2 N–H and O–H groups in total. The van der Waals surface area contributed by atoms with Gasteiger partial charge in [0.2, 0.25) is 0 Å². The number of rotatable bonds is 6. The minimum absolute atomic E-state index is 0.0384. The molecule has 3 rings (SSSR count). The van der Waals surface area contributed by atoms with Gasteiger partial charge in [-0.15, -0.1) is 0 Å². The predicted octanol–water partition coefficient (Wildman–Crippen LogP) is 2.20. The van der Waals surface area contributed by atoms with E-state index in [1.165, 1.54) is 32.1 Å². The Morgan fingerprint density at radius 2 is 1.71 bits per heavy atom. The van der Waals surface area contributed by atoms with E-state index in [2.05, 4.69) is 12.2 Å². The highest BCUT2D eigenvalue weighted by molar-refractivity contribution is 6.21. The maximum Gasteiger partial charge on any atom is 0.261 e. The van der Waals surface area contributed by atoms with E-state index < -0.39 is 6.10 Å². The first-order valence-corrected chi connectivity index (χ1v) is 8.94. The fraction of sp³-hybridized carbons (Fsp3) is 0.579. The number of aliphatic hydroxyl groups excluding tert-OH is 1. The predicted molar refractivity (Wildman–Crippen MR) is 91.9 cm³/mol. The number of amides is 2. The summed E-state index contributed by atoms with van der Waals surface area (Å²) in [4.78, 5) is 25.8. The van der Waals surface area contributed by atoms with Gasteiger partial charge in [-0.1, -0.05) is 31.4 Å². The number of benzene rings is 1. The molecular formula is C19H26N2O3. The second kappa shape index (κ2) is 7.45. The Bertz CT molecular complexity index is 575. The van der Waals surface area contributed by atoms with E-state index in [1.807, 2.05) is 0 Å². The summed E-state index contributed by atoms with van der Waals surface area (Å²) in [6, 6.07) is 7.16. The van der Waals surface area contributed by atoms with E-state index in [0.29, 0.717) is 29.6 Å². The Morgan fingerprint density at radius 3 is 2.29 bits per heavy atom. The van der Waals surface area contributed by atoms with Gasteiger partial charge in [-0.2, -0.15) is 0 Å². The lowest BCUT2D eigenvalue weighted by Gasteiger charge is -2.29. The van der Waals surface area contributed by atoms with Crippen LogP contribution < -0.4 is 5.32 Å². The molecule has 1 saturated carbocycles. The number of β-amino-alcohol motifs (C(OH)–C–C–N with tert-alkyl or cyclic N) is 1. The van der Waals surface area contributed by atoms with Gasteiger partial charge in [-0.05, 0) is 37.8 Å². The molecule has 5 nitrogen and oxygen atoms in total. The molecule has 1 aliphatic heterocycles. The quantitative estimate of drug-likeness (QED) is 0.785. The third-order valence-corrected chi connectivity index (χ3v) is 5.30. The molecule has 130 valence electrons. The van der Waals surface area contributed by atoms with Gasteiger partial charge in [0, 0.05) is 12.6 Å². The van der Waals surface area contributed by atoms with E-state index in [0.717, 1.165) is 4.90 Å². The van der Waals surface area contributed by atoms with Gasteiger partial charge in [0.15, 0.2) is 0 Å². The monoisotopic (exact) mass is 330 g/mol. The summed E-state index contributed by atoms with van der Waals surface area (Å²) in [7, 11) is 0. The minimum Gasteiger partial charge on any atom is -0.390 e. The molecular weight excluding hydrogens is 304 g/mol. The highest BCUT2D eigenvalue weighted by Crippen LogP contribution is 2.26. The van der Waals surface area contributed by atoms with Gasteiger partial charge in [-0.3, -0.25) is 14.5 Å². The topological polar surface area (TPSA) is 69.6 Å². The van der Waals surface area contributed by atoms with Crippen molar-refractivity contribution in [2.24, 2.45) is 5.92 Å². The van der Waals surface area contributed by atoms with Crippen LogP contribution in [0.3, 0.4) is 0 Å². The first-order valence-electron chi connectivity index (χ1n) is 8.94. The standard InChI is InChI=1S/C19H26N2O3/c1-13(14-7-3-2-4-8-14)20-11-15(22)12-21-18(23)16-9-5-6-10-17(16)19(21)24/h5-6,9-10,13-15,20,22H,2-4,7-8,11-12H2,1H3/t13-,15-/m0/s1. The van der Waals surface area contributed by atoms with E-state index in [9.17, 15) is 14.7 Å². The zero-order valence-corrected chi connectivity index (χ0v) is 14.2. The summed E-state index contributed by atoms with van der Waals surface area (Å²) in [6.45, 7) is 2.59. The lowest BCUT2D eigenvalue weighted by atomic mass is 9.84. The molecule has 0 aromatic heterocycles. The maximum absolute atomic E-state index is 12.3. The van der Waals surface area contributed by atoms with Crippen molar-refractivity contribution in [3.63, 3.8) is 0 Å². The van der Waals surface area contributed by atoms with Gasteiger partial charge < -0.3 is 10.4 Å². The third-order valence-electron chi connectivity index (χ3n) is 5.30. The normalized spacial score (nSPS) is 21.0. The van der Waals surface area contributed by atoms with Crippen molar-refractivity contribution < 1.29 is 14.7 Å². The Balaban J connectivity index is 1.51. The molecule has 5 heteroatoms. The molecule has 0 bridgehead atoms. The number of nitrogens with zero attached hydrogens (tertiary/aromatic N) is 1. The second-order valence-corrected chi connectivity index (χ2v) is 7.02. The van der Waals surface area contributed by atoms with E-state index in [-0.39, 0.29) is 18.4 Å². The zero-order chi connectivity index (χ0) is 17.1. The number of imide groups is 1. The Kier molecular flexibility index (Phi) is 5.31. The van der Waals surface area contributed by atoms with Crippen molar-refractivity contribution >= 4 is 11.8 Å². The van der Waals surface area contributed by atoms with Crippen molar-refractivity contribution in [1.29, 1.82) is 0 Å². The third kappa shape index (κ3) is 3.52. The van der Waals surface area contributed by atoms with Crippen molar-refractivity contribution in [2.75, 3.05) is 13.1 Å². The van der Waals surface area contributed by atoms with Gasteiger partial charge >= 0.3 is 0 Å². The molecule has 1 aromatic rings. The van der Waals surface area contributed by atoms with Crippen molar-refractivity contribution in [3.05, 3.63) is 35.4 Å². The molecule has 1 aliphatic carbocycles. The van der Waals surface area contributed by atoms with Crippen LogP contribution in [0.1, 0.15) is 59.7 Å². The van der Waals surface area contributed by atoms with Gasteiger partial charge in [0.1, 0.15) is 0 Å². The van der Waals surface area contributed by atoms with E-state index in [1.54, 1.807) is 24.3 Å². The van der Waals surface area contributed by atoms with Crippen LogP contribution in [-0.2, 0) is 0 Å². The van der Waals surface area contributed by atoms with Crippen LogP contribution in [0.5, 0.6) is 0 Å². The largest absolute Gasteiger partial charge is 0.390 e. The van der Waals surface area contributed by atoms with E-state index in [4.69, 9.17) is 0 Å². The molecule has 1 heterocycles. The summed E-state index contributed by atoms with van der Waals surface area (Å²) in [5.74, 6) is 0.0372. The van der Waals surface area contributed by atoms with Crippen molar-refractivity contribution in [3.8, 4) is 0 Å². The molecule has 1 aromatic carbocycles. The number of nitrogens with one attached hydrogen (secondary N) is 1. The van der Waals surface area contributed by atoms with Crippen LogP contribution in [0.2, 0.25) is 0 Å². The highest BCUT2D eigenvalue weighted by atomic mass is 16.3. The molecule has 1 fully saturated rings. The Hall–Kier alpha value is -1.72. The average Bonchev–Trinajstić information content (AvgIpc) is 2.86. The lowest BCUT2D eigenvalue weighted by molar-refractivity contribution is 0.0537. The maximum atomic E-state index is 12.3. The molecule has 0 saturated heterocycles. The summed E-state index contributed by atoms with van der Waals surface area (Å²) < 4.78 is 0. The van der Waals surface area contributed by atoms with Crippen LogP contribution in [0.4, 0.5) is 0 Å². The molecule has 2 atom stereocenters. The van der Waals surface area contributed by atoms with Gasteiger partial charge in [0.05, 0.1) is 23.8 Å². The van der Waals surface area contributed by atoms with Crippen molar-refractivity contribution in [2.45, 2.75) is 51.2 Å². The summed E-state index contributed by atoms with van der Waals surface area (Å²) in [5.41, 5.74) is 0.858. The molecule has 2 aliphatic rings. The fourth-order valence-electron chi connectivity index (χ4n) is 3.80. The Labute approximate surface area is 143 Å². The molecule has 2 amide bonds. The van der Waals surface area contributed by atoms with Crippen LogP contribution in [0, 0.1) is 5.92 Å². The van der Waals surface area contributed by atoms with Gasteiger partial charge in [0.25, 0.3) is 11.8 Å². The van der Waals surface area contributed by atoms with Crippen LogP contribution >= 0.6 is 0 Å². The number of fused-ring (bicyclic) bond motifs is 1. The van der Waals surface area contributed by atoms with Crippen LogP contribution in [0.25, 0.3) is 0 Å². The molecule has 0 radical (unpaired) electrons. The van der Waals surface area contributed by atoms with Crippen LogP contribution in [-0.4, -0.2) is 47.1 Å². The minimum atomic E-state index is -0.752. The first-order chi connectivity index (χ1) is 11.6. The first kappa shape index (κ1) is 17.1. The molecule has 0 unspecified atom stereocenters. The van der Waals surface area contributed by atoms with E-state index >= 15 is 0 Å². The summed E-state index contributed by atoms with van der Waals surface area (Å²) in [5, 5.41) is 13.6. The fourth-order valence-corrected chi connectivity index (χ4v) is 3.80. The zero-order valence-electron chi connectivity index (χ0n) is 14.2. The Morgan fingerprint density at radius 1 is 1.12 bits per heavy atom. The second-order valence-electron chi connectivity index (χ2n) is 7.02. The number of carbonyl (C=O) groups excluding carboxylic acids is 2. The lowest BCUT2D eigenvalue weighted by Crippen LogP contribution is -2.44. The number of aliphatic hydroxyl groups is 1. The highest BCUT2D eigenvalue weighted by Gasteiger charge is 2.36. The van der Waals surface area contributed by atoms with Crippen molar-refractivity contribution in [1.82, 2.24) is 10.2 Å². The van der Waals surface area contributed by atoms with Gasteiger partial charge in [-0.25, -0.2) is 0 Å². The SMILES string of the molecule is C[C@H](NC[C@H](O)CN1C(=O)c2ccccc2C1=O)C1CCCCC1. The number of hydrogen-bond acceptors (Lipinski definition) is 4.